The lowest BCUT2D eigenvalue weighted by molar-refractivity contribution is 1.02. The van der Waals surface area contributed by atoms with Crippen molar-refractivity contribution in [2.24, 2.45) is 0 Å². The van der Waals surface area contributed by atoms with Crippen LogP contribution >= 0.6 is 12.4 Å². The molecule has 0 aliphatic rings. The lowest BCUT2D eigenvalue weighted by atomic mass is 11.3. The van der Waals surface area contributed by atoms with E-state index >= 15 is 0 Å². The van der Waals surface area contributed by atoms with Gasteiger partial charge in [0.05, 0.1) is 0 Å². The molecule has 1 nitrogen and oxygen atoms in total. The molecule has 0 spiro atoms. The Morgan fingerprint density at radius 2 is 1.20 bits per heavy atom. The van der Waals surface area contributed by atoms with Gasteiger partial charge in [0.1, 0.15) is 0 Å². The molecule has 5 heavy (non-hydrogen) atoms. The molecule has 0 aromatic carbocycles. The first-order valence-corrected chi connectivity index (χ1v) is 1.00. The van der Waals surface area contributed by atoms with Gasteiger partial charge in [-0.3, -0.25) is 0 Å². The second-order valence-electron chi connectivity index (χ2n) is 0.500. The Morgan fingerprint density at radius 3 is 1.20 bits per heavy atom. The normalized spacial score (nSPS) is 3.60. The third-order valence-electron chi connectivity index (χ3n) is 0. The van der Waals surface area contributed by atoms with Crippen molar-refractivity contribution in [3.05, 3.63) is 0 Å². The van der Waals surface area contributed by atoms with Crippen LogP contribution in [0, 0.1) is 0 Å². The van der Waals surface area contributed by atoms with E-state index in [2.05, 4.69) is 5.32 Å². The van der Waals surface area contributed by atoms with Crippen LogP contribution < -0.4 is 5.32 Å². The first kappa shape index (κ1) is 18.7. The van der Waals surface area contributed by atoms with Crippen LogP contribution in [0.1, 0.15) is 7.43 Å². The Hall–Kier alpha value is 0.250. The average molecular weight is 97.6 g/mol. The van der Waals surface area contributed by atoms with Gasteiger partial charge in [0.15, 0.2) is 0 Å². The molecule has 0 aliphatic heterocycles. The van der Waals surface area contributed by atoms with E-state index in [9.17, 15) is 0 Å². The van der Waals surface area contributed by atoms with Crippen molar-refractivity contribution in [1.29, 1.82) is 0 Å². The molecular formula is C3H12ClN. The predicted octanol–water partition coefficient (Wildman–Crippen LogP) is 0.893. The van der Waals surface area contributed by atoms with Crippen LogP contribution in [0.4, 0.5) is 0 Å². The monoisotopic (exact) mass is 97.1 g/mol. The van der Waals surface area contributed by atoms with E-state index in [1.54, 1.807) is 0 Å². The summed E-state index contributed by atoms with van der Waals surface area (Å²) in [5.41, 5.74) is 0. The van der Waals surface area contributed by atoms with E-state index in [1.165, 1.54) is 0 Å². The van der Waals surface area contributed by atoms with Crippen molar-refractivity contribution in [1.82, 2.24) is 5.32 Å². The van der Waals surface area contributed by atoms with Crippen molar-refractivity contribution < 1.29 is 0 Å². The number of halogens is 1. The summed E-state index contributed by atoms with van der Waals surface area (Å²) in [4.78, 5) is 0. The molecule has 36 valence electrons. The first-order valence-electron chi connectivity index (χ1n) is 1.00. The molecule has 0 aliphatic carbocycles. The molecule has 0 amide bonds. The number of nitrogens with one attached hydrogen (secondary N) is 1. The van der Waals surface area contributed by atoms with Crippen molar-refractivity contribution in [3.8, 4) is 0 Å². The van der Waals surface area contributed by atoms with Gasteiger partial charge in [-0.2, -0.15) is 0 Å². The standard InChI is InChI=1S/C2H7N.CH4.ClH/c1-3-2;;/h3H,1-2H3;1H4;1H. The molecule has 0 unspecified atom stereocenters. The quantitative estimate of drug-likeness (QED) is 0.474. The smallest absolute Gasteiger partial charge is 0.0167 e. The fourth-order valence-electron chi connectivity index (χ4n) is 0. The minimum atomic E-state index is 0. The molecule has 0 bridgehead atoms. The molecule has 0 atom stereocenters. The van der Waals surface area contributed by atoms with Gasteiger partial charge in [0.2, 0.25) is 0 Å². The number of hydrogen-bond acceptors (Lipinski definition) is 1. The molecule has 0 heterocycles. The zero-order chi connectivity index (χ0) is 2.71. The molecule has 0 aromatic heterocycles. The number of hydrogen-bond donors (Lipinski definition) is 1. The lowest BCUT2D eigenvalue weighted by Gasteiger charge is -1.59. The highest BCUT2D eigenvalue weighted by molar-refractivity contribution is 5.85. The highest BCUT2D eigenvalue weighted by atomic mass is 35.5. The van der Waals surface area contributed by atoms with E-state index in [4.69, 9.17) is 0 Å². The fraction of sp³-hybridized carbons (Fsp3) is 1.00. The van der Waals surface area contributed by atoms with Crippen LogP contribution in [-0.2, 0) is 0 Å². The van der Waals surface area contributed by atoms with Gasteiger partial charge < -0.3 is 5.32 Å². The summed E-state index contributed by atoms with van der Waals surface area (Å²) < 4.78 is 0. The molecule has 0 saturated heterocycles. The van der Waals surface area contributed by atoms with E-state index in [0.29, 0.717) is 0 Å². The second kappa shape index (κ2) is 28.7. The predicted molar refractivity (Wildman–Crippen MR) is 29.0 cm³/mol. The van der Waals surface area contributed by atoms with Gasteiger partial charge in [-0.05, 0) is 14.1 Å². The van der Waals surface area contributed by atoms with E-state index < -0.39 is 0 Å². The third-order valence-corrected chi connectivity index (χ3v) is 0. The van der Waals surface area contributed by atoms with Gasteiger partial charge in [-0.1, -0.05) is 7.43 Å². The zero-order valence-corrected chi connectivity index (χ0v) is 3.72. The molecule has 0 aromatic rings. The van der Waals surface area contributed by atoms with Crippen molar-refractivity contribution in [3.63, 3.8) is 0 Å². The summed E-state index contributed by atoms with van der Waals surface area (Å²) in [6.07, 6.45) is 0. The van der Waals surface area contributed by atoms with Gasteiger partial charge in [-0.25, -0.2) is 0 Å². The Kier molecular flexibility index (Phi) is 108. The molecule has 0 saturated carbocycles. The number of rotatable bonds is 0. The summed E-state index contributed by atoms with van der Waals surface area (Å²) in [7, 11) is 3.75. The SMILES string of the molecule is C.CNC.Cl. The van der Waals surface area contributed by atoms with Crippen LogP contribution in [0.25, 0.3) is 0 Å². The zero-order valence-electron chi connectivity index (χ0n) is 2.91. The summed E-state index contributed by atoms with van der Waals surface area (Å²) in [5.74, 6) is 0. The molecule has 1 N–H and O–H groups in total. The van der Waals surface area contributed by atoms with E-state index in [0.717, 1.165) is 0 Å². The highest BCUT2D eigenvalue weighted by Gasteiger charge is 1.25. The van der Waals surface area contributed by atoms with Gasteiger partial charge >= 0.3 is 0 Å². The highest BCUT2D eigenvalue weighted by Crippen LogP contribution is 0.981. The van der Waals surface area contributed by atoms with Gasteiger partial charge in [-0.15, -0.1) is 12.4 Å². The molecule has 0 radical (unpaired) electrons. The summed E-state index contributed by atoms with van der Waals surface area (Å²) >= 11 is 0. The third kappa shape index (κ3) is 344. The maximum atomic E-state index is 2.75. The van der Waals surface area contributed by atoms with Crippen LogP contribution in [-0.4, -0.2) is 14.1 Å². The first-order chi connectivity index (χ1) is 1.41. The van der Waals surface area contributed by atoms with Crippen LogP contribution in [0.5, 0.6) is 0 Å². The van der Waals surface area contributed by atoms with Crippen LogP contribution in [0.2, 0.25) is 0 Å². The Balaban J connectivity index is -0.0000000200. The van der Waals surface area contributed by atoms with E-state index in [1.807, 2.05) is 14.1 Å². The maximum absolute atomic E-state index is 2.75. The molecular weight excluding hydrogens is 85.5 g/mol. The van der Waals surface area contributed by atoms with E-state index in [-0.39, 0.29) is 19.8 Å². The molecule has 0 fully saturated rings. The summed E-state index contributed by atoms with van der Waals surface area (Å²) in [5, 5.41) is 2.75. The summed E-state index contributed by atoms with van der Waals surface area (Å²) in [6.45, 7) is 0. The Labute approximate surface area is 40.2 Å². The van der Waals surface area contributed by atoms with Crippen LogP contribution in [0.15, 0.2) is 0 Å². The van der Waals surface area contributed by atoms with Crippen molar-refractivity contribution >= 4 is 12.4 Å². The van der Waals surface area contributed by atoms with Crippen LogP contribution in [0.3, 0.4) is 0 Å². The largest absolute Gasteiger partial charge is 0.323 e. The Morgan fingerprint density at radius 1 is 1.20 bits per heavy atom. The summed E-state index contributed by atoms with van der Waals surface area (Å²) in [6, 6.07) is 0. The minimum Gasteiger partial charge on any atom is -0.323 e. The maximum Gasteiger partial charge on any atom is -0.0167 e. The topological polar surface area (TPSA) is 12.0 Å². The van der Waals surface area contributed by atoms with Gasteiger partial charge in [0.25, 0.3) is 0 Å². The van der Waals surface area contributed by atoms with Crippen molar-refractivity contribution in [2.75, 3.05) is 14.1 Å². The Bertz CT molecular complexity index is 6.85. The minimum absolute atomic E-state index is 0. The molecule has 0 rings (SSSR count). The average Bonchev–Trinajstić information content (AvgIpc) is 0.918. The second-order valence-corrected chi connectivity index (χ2v) is 0.500. The van der Waals surface area contributed by atoms with Crippen molar-refractivity contribution in [2.45, 2.75) is 7.43 Å². The fourth-order valence-corrected chi connectivity index (χ4v) is 0. The lowest BCUT2D eigenvalue weighted by Crippen LogP contribution is -1.89. The van der Waals surface area contributed by atoms with Gasteiger partial charge in [0, 0.05) is 0 Å². The molecule has 2 heteroatoms.